The zero-order valence-corrected chi connectivity index (χ0v) is 22.8. The standard InChI is InChI=1S/C22H26BrN5O6S2/c1-3-16(14-34-36(32,33)24-2)7-9-26-22-20(12-25-15-27-22)21(29)17-8-10-28(13-17)35(30,31)19-6-4-5-18(23)11-19/h4-6,8,10-13,15-16,24H,3,7,9,14H2,1-2H3,(H,25,26,27). The summed E-state index contributed by atoms with van der Waals surface area (Å²) in [7, 11) is -6.37. The van der Waals surface area contributed by atoms with Crippen LogP contribution in [0, 0.1) is 5.92 Å². The van der Waals surface area contributed by atoms with Gasteiger partial charge in [-0.3, -0.25) is 8.98 Å². The molecule has 0 bridgehead atoms. The molecule has 194 valence electrons. The van der Waals surface area contributed by atoms with Gasteiger partial charge >= 0.3 is 10.3 Å². The molecule has 2 heterocycles. The maximum atomic E-state index is 13.2. The number of anilines is 1. The minimum atomic E-state index is -3.88. The van der Waals surface area contributed by atoms with Gasteiger partial charge in [0.15, 0.2) is 5.78 Å². The SMILES string of the molecule is CCC(CCNc1ncncc1C(=O)c1ccn(S(=O)(=O)c2cccc(Br)c2)c1)COS(=O)(=O)NC. The van der Waals surface area contributed by atoms with E-state index in [0.717, 1.165) is 3.97 Å². The summed E-state index contributed by atoms with van der Waals surface area (Å²) in [6, 6.07) is 7.69. The third kappa shape index (κ3) is 6.97. The van der Waals surface area contributed by atoms with Crippen molar-refractivity contribution < 1.29 is 25.8 Å². The summed E-state index contributed by atoms with van der Waals surface area (Å²) in [6.07, 6.45) is 6.47. The van der Waals surface area contributed by atoms with Gasteiger partial charge in [0.25, 0.3) is 10.0 Å². The van der Waals surface area contributed by atoms with Crippen molar-refractivity contribution in [3.05, 3.63) is 70.8 Å². The van der Waals surface area contributed by atoms with Crippen LogP contribution >= 0.6 is 15.9 Å². The van der Waals surface area contributed by atoms with Crippen molar-refractivity contribution in [2.75, 3.05) is 25.5 Å². The Balaban J connectivity index is 1.71. The molecule has 0 aliphatic rings. The van der Waals surface area contributed by atoms with Crippen LogP contribution in [0.2, 0.25) is 0 Å². The first kappa shape index (κ1) is 27.9. The second kappa shape index (κ2) is 12.1. The number of benzene rings is 1. The summed E-state index contributed by atoms with van der Waals surface area (Å²) in [5, 5.41) is 3.09. The minimum Gasteiger partial charge on any atom is -0.369 e. The summed E-state index contributed by atoms with van der Waals surface area (Å²) in [5.41, 5.74) is 0.334. The Morgan fingerprint density at radius 2 is 2.00 bits per heavy atom. The average molecular weight is 601 g/mol. The summed E-state index contributed by atoms with van der Waals surface area (Å²) >= 11 is 3.26. The molecule has 0 saturated carbocycles. The molecule has 1 atom stereocenters. The van der Waals surface area contributed by atoms with E-state index in [-0.39, 0.29) is 34.4 Å². The van der Waals surface area contributed by atoms with E-state index >= 15 is 0 Å². The maximum Gasteiger partial charge on any atom is 0.335 e. The van der Waals surface area contributed by atoms with Crippen LogP contribution in [0.5, 0.6) is 0 Å². The fourth-order valence-corrected chi connectivity index (χ4v) is 5.53. The molecule has 0 saturated heterocycles. The van der Waals surface area contributed by atoms with Crippen molar-refractivity contribution in [2.45, 2.75) is 24.7 Å². The number of nitrogens with zero attached hydrogens (tertiary/aromatic N) is 3. The molecular weight excluding hydrogens is 574 g/mol. The van der Waals surface area contributed by atoms with Gasteiger partial charge in [0.05, 0.1) is 17.1 Å². The van der Waals surface area contributed by atoms with Crippen molar-refractivity contribution in [1.82, 2.24) is 18.7 Å². The van der Waals surface area contributed by atoms with Crippen LogP contribution in [0.3, 0.4) is 0 Å². The lowest BCUT2D eigenvalue weighted by Crippen LogP contribution is -2.25. The highest BCUT2D eigenvalue weighted by molar-refractivity contribution is 9.10. The largest absolute Gasteiger partial charge is 0.369 e. The minimum absolute atomic E-state index is 0.0247. The van der Waals surface area contributed by atoms with Crippen LogP contribution in [0.4, 0.5) is 5.82 Å². The fourth-order valence-electron chi connectivity index (χ4n) is 3.25. The van der Waals surface area contributed by atoms with E-state index < -0.39 is 26.1 Å². The molecule has 11 nitrogen and oxygen atoms in total. The van der Waals surface area contributed by atoms with E-state index in [2.05, 4.69) is 35.9 Å². The van der Waals surface area contributed by atoms with Gasteiger partial charge in [-0.25, -0.2) is 22.4 Å². The lowest BCUT2D eigenvalue weighted by molar-refractivity contribution is 0.103. The molecule has 2 aromatic heterocycles. The number of hydrogen-bond donors (Lipinski definition) is 2. The highest BCUT2D eigenvalue weighted by Gasteiger charge is 2.21. The lowest BCUT2D eigenvalue weighted by Gasteiger charge is -2.16. The Morgan fingerprint density at radius 3 is 2.69 bits per heavy atom. The van der Waals surface area contributed by atoms with Crippen molar-refractivity contribution in [3.8, 4) is 0 Å². The second-order valence-electron chi connectivity index (χ2n) is 7.74. The van der Waals surface area contributed by atoms with Gasteiger partial charge in [-0.1, -0.05) is 35.3 Å². The quantitative estimate of drug-likeness (QED) is 0.283. The fraction of sp³-hybridized carbons (Fsp3) is 0.318. The van der Waals surface area contributed by atoms with Gasteiger partial charge in [-0.05, 0) is 36.6 Å². The number of rotatable bonds is 13. The predicted octanol–water partition coefficient (Wildman–Crippen LogP) is 2.82. The van der Waals surface area contributed by atoms with E-state index in [1.807, 2.05) is 6.92 Å². The molecule has 1 unspecified atom stereocenters. The summed E-state index contributed by atoms with van der Waals surface area (Å²) in [5.74, 6) is -0.202. The van der Waals surface area contributed by atoms with Gasteiger partial charge in [0, 0.05) is 42.2 Å². The molecule has 0 amide bonds. The normalized spacial score (nSPS) is 12.9. The number of ketones is 1. The first-order valence-corrected chi connectivity index (χ1v) is 14.6. The van der Waals surface area contributed by atoms with Crippen molar-refractivity contribution in [2.24, 2.45) is 5.92 Å². The molecule has 14 heteroatoms. The molecule has 0 radical (unpaired) electrons. The van der Waals surface area contributed by atoms with E-state index in [9.17, 15) is 21.6 Å². The van der Waals surface area contributed by atoms with Crippen LogP contribution in [0.25, 0.3) is 0 Å². The molecule has 36 heavy (non-hydrogen) atoms. The second-order valence-corrected chi connectivity index (χ2v) is 12.1. The number of carbonyl (C=O) groups is 1. The Hall–Kier alpha value is -2.65. The molecule has 0 aliphatic carbocycles. The van der Waals surface area contributed by atoms with Crippen LogP contribution in [-0.4, -0.2) is 56.8 Å². The Kier molecular flexibility index (Phi) is 9.35. The smallest absolute Gasteiger partial charge is 0.335 e. The van der Waals surface area contributed by atoms with E-state index in [1.165, 1.54) is 50.2 Å². The van der Waals surface area contributed by atoms with Gasteiger partial charge in [0.1, 0.15) is 12.1 Å². The van der Waals surface area contributed by atoms with Crippen molar-refractivity contribution in [3.63, 3.8) is 0 Å². The van der Waals surface area contributed by atoms with Crippen molar-refractivity contribution in [1.29, 1.82) is 0 Å². The summed E-state index contributed by atoms with van der Waals surface area (Å²) in [6.45, 7) is 2.35. The molecule has 2 N–H and O–H groups in total. The summed E-state index contributed by atoms with van der Waals surface area (Å²) < 4.78 is 57.5. The third-order valence-electron chi connectivity index (χ3n) is 5.39. The van der Waals surface area contributed by atoms with Crippen LogP contribution in [-0.2, 0) is 24.5 Å². The predicted molar refractivity (Wildman–Crippen MR) is 137 cm³/mol. The highest BCUT2D eigenvalue weighted by atomic mass is 79.9. The Bertz CT molecular complexity index is 1430. The first-order valence-electron chi connectivity index (χ1n) is 10.9. The van der Waals surface area contributed by atoms with E-state index in [4.69, 9.17) is 4.18 Å². The van der Waals surface area contributed by atoms with Gasteiger partial charge in [-0.2, -0.15) is 13.1 Å². The number of hydrogen-bond acceptors (Lipinski definition) is 9. The third-order valence-corrected chi connectivity index (χ3v) is 8.46. The zero-order valence-electron chi connectivity index (χ0n) is 19.6. The summed E-state index contributed by atoms with van der Waals surface area (Å²) in [4.78, 5) is 21.3. The molecule has 3 rings (SSSR count). The van der Waals surface area contributed by atoms with Gasteiger partial charge in [-0.15, -0.1) is 0 Å². The highest BCUT2D eigenvalue weighted by Crippen LogP contribution is 2.22. The molecule has 3 aromatic rings. The van der Waals surface area contributed by atoms with Crippen LogP contribution < -0.4 is 10.0 Å². The molecule has 0 aliphatic heterocycles. The van der Waals surface area contributed by atoms with Crippen molar-refractivity contribution >= 4 is 47.9 Å². The molecule has 0 spiro atoms. The lowest BCUT2D eigenvalue weighted by atomic mass is 10.0. The first-order chi connectivity index (χ1) is 17.1. The molecule has 0 fully saturated rings. The number of halogens is 1. The number of nitrogens with one attached hydrogen (secondary N) is 2. The Morgan fingerprint density at radius 1 is 1.22 bits per heavy atom. The monoisotopic (exact) mass is 599 g/mol. The average Bonchev–Trinajstić information content (AvgIpc) is 3.37. The maximum absolute atomic E-state index is 13.2. The van der Waals surface area contributed by atoms with Crippen LogP contribution in [0.1, 0.15) is 35.7 Å². The molecular formula is C22H26BrN5O6S2. The number of aromatic nitrogens is 3. The van der Waals surface area contributed by atoms with Gasteiger partial charge in [0.2, 0.25) is 0 Å². The zero-order chi connectivity index (χ0) is 26.3. The van der Waals surface area contributed by atoms with E-state index in [0.29, 0.717) is 23.9 Å². The van der Waals surface area contributed by atoms with Crippen LogP contribution in [0.15, 0.2) is 64.6 Å². The Labute approximate surface area is 218 Å². The molecule has 1 aromatic carbocycles. The number of carbonyl (C=O) groups excluding carboxylic acids is 1. The van der Waals surface area contributed by atoms with E-state index in [1.54, 1.807) is 12.1 Å². The van der Waals surface area contributed by atoms with Gasteiger partial charge < -0.3 is 5.32 Å². The topological polar surface area (TPSA) is 149 Å².